The van der Waals surface area contributed by atoms with Crippen LogP contribution in [0.25, 0.3) is 0 Å². The SMILES string of the molecule is C[C@H](CCC(O[C@@H]1OC[C@@H](O)[C@H](O)[C@H]1O[C@H]1OC2(C[C@H]2O)[C@H](O)[C@@H](O)[C@@H]1O)C(C)(C)O)[C@H]1CC[C@@]2(C)[C@@H]3CC=C4[C@@H](CC[C@H](C)C4(C)C)[C@]3(C)[C@H](O)CC12C. The van der Waals surface area contributed by atoms with E-state index in [1.165, 1.54) is 6.42 Å². The van der Waals surface area contributed by atoms with Gasteiger partial charge >= 0.3 is 0 Å². The van der Waals surface area contributed by atoms with Crippen molar-refractivity contribution < 1.29 is 59.8 Å². The van der Waals surface area contributed by atoms with E-state index in [0.717, 1.165) is 38.5 Å². The number of hydrogen-bond acceptors (Lipinski definition) is 12. The molecule has 20 atom stereocenters. The zero-order valence-electron chi connectivity index (χ0n) is 34.6. The van der Waals surface area contributed by atoms with Crippen LogP contribution >= 0.6 is 0 Å². The van der Waals surface area contributed by atoms with E-state index in [9.17, 15) is 40.9 Å². The Balaban J connectivity index is 1.06. The lowest BCUT2D eigenvalue weighted by Gasteiger charge is -2.67. The summed E-state index contributed by atoms with van der Waals surface area (Å²) in [7, 11) is 0. The first-order valence-electron chi connectivity index (χ1n) is 21.2. The summed E-state index contributed by atoms with van der Waals surface area (Å²) in [5.41, 5.74) is -1.35. The highest BCUT2D eigenvalue weighted by molar-refractivity contribution is 5.31. The van der Waals surface area contributed by atoms with Gasteiger partial charge in [-0.05, 0) is 111 Å². The van der Waals surface area contributed by atoms with Gasteiger partial charge in [0.1, 0.15) is 42.2 Å². The minimum absolute atomic E-state index is 0.0251. The molecule has 0 aromatic carbocycles. The molecule has 5 aliphatic carbocycles. The number of ether oxygens (including phenoxy) is 4. The van der Waals surface area contributed by atoms with Crippen molar-refractivity contribution in [2.45, 2.75) is 199 Å². The van der Waals surface area contributed by atoms with Gasteiger partial charge in [0.2, 0.25) is 0 Å². The Hall–Kier alpha value is -0.740. The number of fused-ring (bicyclic) bond motifs is 5. The highest BCUT2D eigenvalue weighted by atomic mass is 16.8. The molecule has 7 rings (SSSR count). The normalized spacial score (nSPS) is 53.1. The van der Waals surface area contributed by atoms with Crippen molar-refractivity contribution in [3.8, 4) is 0 Å². The lowest BCUT2D eigenvalue weighted by atomic mass is 9.38. The molecule has 6 fully saturated rings. The predicted octanol–water partition coefficient (Wildman–Crippen LogP) is 3.18. The van der Waals surface area contributed by atoms with Gasteiger partial charge in [-0.3, -0.25) is 0 Å². The molecule has 1 spiro atoms. The average Bonchev–Trinajstić information content (AvgIpc) is 3.67. The number of aliphatic hydroxyl groups excluding tert-OH is 7. The first kappa shape index (κ1) is 42.4. The molecule has 316 valence electrons. The summed E-state index contributed by atoms with van der Waals surface area (Å²) in [6.07, 6.45) is -4.35. The topological polar surface area (TPSA) is 199 Å². The van der Waals surface area contributed by atoms with Gasteiger partial charge in [0.25, 0.3) is 0 Å². The molecule has 0 aromatic rings. The molecule has 0 amide bonds. The fourth-order valence-electron chi connectivity index (χ4n) is 13.2. The van der Waals surface area contributed by atoms with Crippen molar-refractivity contribution in [1.82, 2.24) is 0 Å². The summed E-state index contributed by atoms with van der Waals surface area (Å²) < 4.78 is 24.0. The van der Waals surface area contributed by atoms with Gasteiger partial charge in [-0.1, -0.05) is 60.1 Å². The largest absolute Gasteiger partial charge is 0.393 e. The highest BCUT2D eigenvalue weighted by Gasteiger charge is 2.71. The minimum atomic E-state index is -1.73. The molecule has 2 aliphatic heterocycles. The van der Waals surface area contributed by atoms with Crippen molar-refractivity contribution in [3.05, 3.63) is 11.6 Å². The Morgan fingerprint density at radius 3 is 2.16 bits per heavy atom. The summed E-state index contributed by atoms with van der Waals surface area (Å²) in [6, 6.07) is 0. The molecule has 7 aliphatic rings. The number of aliphatic hydroxyl groups is 8. The van der Waals surface area contributed by atoms with Crippen molar-refractivity contribution in [1.29, 1.82) is 0 Å². The van der Waals surface area contributed by atoms with Gasteiger partial charge in [-0.15, -0.1) is 0 Å². The Morgan fingerprint density at radius 2 is 1.53 bits per heavy atom. The van der Waals surface area contributed by atoms with Gasteiger partial charge < -0.3 is 59.8 Å². The highest BCUT2D eigenvalue weighted by Crippen LogP contribution is 2.75. The molecule has 2 saturated heterocycles. The van der Waals surface area contributed by atoms with Crippen molar-refractivity contribution >= 4 is 0 Å². The van der Waals surface area contributed by atoms with E-state index in [4.69, 9.17) is 18.9 Å². The van der Waals surface area contributed by atoms with E-state index >= 15 is 0 Å². The maximum atomic E-state index is 12.3. The summed E-state index contributed by atoms with van der Waals surface area (Å²) in [5.74, 6) is 2.00. The Bertz CT molecular complexity index is 1450. The maximum Gasteiger partial charge on any atom is 0.187 e. The molecule has 55 heavy (non-hydrogen) atoms. The zero-order chi connectivity index (χ0) is 40.4. The third-order valence-corrected chi connectivity index (χ3v) is 17.6. The first-order valence-corrected chi connectivity index (χ1v) is 21.2. The van der Waals surface area contributed by atoms with E-state index in [1.54, 1.807) is 19.4 Å². The summed E-state index contributed by atoms with van der Waals surface area (Å²) >= 11 is 0. The monoisotopic (exact) mass is 781 g/mol. The van der Waals surface area contributed by atoms with Crippen LogP contribution in [0.15, 0.2) is 11.6 Å². The standard InChI is InChI=1S/C43H72O12/c1-21(23-16-17-40(7)27-14-13-24-25(12-11-22(2)38(24,3)4)42(27,9)28(45)18-41(23,40)8)10-15-30(39(5,6)51)53-37-34(31(47)26(44)20-52-37)54-36-33(49)32(48)35(50)43(55-36)19-29(43)46/h13,21-23,25-37,44-51H,10-12,14-20H2,1-9H3/t21-,22+,23-,25-,26-,27+,28-,29-,30?,31+,32+,33+,34-,35-,36+,37+,40+,41?,42+,43?/m1/s1. The first-order chi connectivity index (χ1) is 25.4. The number of rotatable bonds is 9. The summed E-state index contributed by atoms with van der Waals surface area (Å²) in [6.45, 7) is 19.8. The van der Waals surface area contributed by atoms with E-state index in [1.807, 2.05) is 0 Å². The lowest BCUT2D eigenvalue weighted by Crippen LogP contribution is -2.64. The zero-order valence-corrected chi connectivity index (χ0v) is 34.6. The van der Waals surface area contributed by atoms with Gasteiger partial charge in [-0.2, -0.15) is 0 Å². The van der Waals surface area contributed by atoms with Crippen LogP contribution in [0.5, 0.6) is 0 Å². The van der Waals surface area contributed by atoms with Gasteiger partial charge in [0.05, 0.1) is 30.5 Å². The maximum absolute atomic E-state index is 12.3. The van der Waals surface area contributed by atoms with Gasteiger partial charge in [0, 0.05) is 11.8 Å². The molecule has 0 radical (unpaired) electrons. The van der Waals surface area contributed by atoms with Gasteiger partial charge in [-0.25, -0.2) is 0 Å². The molecule has 4 saturated carbocycles. The van der Waals surface area contributed by atoms with Crippen LogP contribution in [0, 0.1) is 51.2 Å². The molecule has 0 bridgehead atoms. The Labute approximate surface area is 327 Å². The molecular formula is C43H72O12. The molecule has 8 N–H and O–H groups in total. The Kier molecular flexibility index (Phi) is 10.9. The van der Waals surface area contributed by atoms with Gasteiger partial charge in [0.15, 0.2) is 12.6 Å². The van der Waals surface area contributed by atoms with Crippen LogP contribution in [0.4, 0.5) is 0 Å². The van der Waals surface area contributed by atoms with Crippen LogP contribution in [-0.4, -0.2) is 126 Å². The molecular weight excluding hydrogens is 708 g/mol. The molecule has 0 aromatic heterocycles. The number of allylic oxidation sites excluding steroid dienone is 2. The van der Waals surface area contributed by atoms with E-state index in [-0.39, 0.29) is 40.6 Å². The smallest absolute Gasteiger partial charge is 0.187 e. The second kappa shape index (κ2) is 14.2. The Morgan fingerprint density at radius 1 is 0.855 bits per heavy atom. The fraction of sp³-hybridized carbons (Fsp3) is 0.953. The van der Waals surface area contributed by atoms with Crippen molar-refractivity contribution in [2.24, 2.45) is 51.2 Å². The van der Waals surface area contributed by atoms with E-state index in [0.29, 0.717) is 30.1 Å². The van der Waals surface area contributed by atoms with E-state index < -0.39 is 78.7 Å². The molecule has 12 heteroatoms. The quantitative estimate of drug-likeness (QED) is 0.159. The van der Waals surface area contributed by atoms with Crippen molar-refractivity contribution in [3.63, 3.8) is 0 Å². The predicted molar refractivity (Wildman–Crippen MR) is 202 cm³/mol. The minimum Gasteiger partial charge on any atom is -0.393 e. The second-order valence-corrected chi connectivity index (χ2v) is 21.0. The fourth-order valence-corrected chi connectivity index (χ4v) is 13.2. The van der Waals surface area contributed by atoms with Crippen LogP contribution in [0.3, 0.4) is 0 Å². The van der Waals surface area contributed by atoms with Crippen LogP contribution in [0.1, 0.15) is 120 Å². The summed E-state index contributed by atoms with van der Waals surface area (Å²) in [4.78, 5) is 0. The van der Waals surface area contributed by atoms with Crippen LogP contribution < -0.4 is 0 Å². The average molecular weight is 781 g/mol. The molecule has 3 unspecified atom stereocenters. The van der Waals surface area contributed by atoms with Crippen LogP contribution in [-0.2, 0) is 18.9 Å². The number of hydrogen-bond donors (Lipinski definition) is 8. The van der Waals surface area contributed by atoms with Crippen molar-refractivity contribution in [2.75, 3.05) is 6.61 Å². The van der Waals surface area contributed by atoms with E-state index in [2.05, 4.69) is 54.5 Å². The molecule has 12 nitrogen and oxygen atoms in total. The second-order valence-electron chi connectivity index (χ2n) is 21.0. The third kappa shape index (κ3) is 6.45. The summed E-state index contributed by atoms with van der Waals surface area (Å²) in [5, 5.41) is 87.4. The van der Waals surface area contributed by atoms with Crippen LogP contribution in [0.2, 0.25) is 0 Å². The lowest BCUT2D eigenvalue weighted by molar-refractivity contribution is -0.369. The third-order valence-electron chi connectivity index (χ3n) is 17.6. The molecule has 2 heterocycles.